The largest absolute Gasteiger partial charge is 0.486 e. The Kier molecular flexibility index (Phi) is 4.08. The molecule has 0 aliphatic heterocycles. The first-order valence-corrected chi connectivity index (χ1v) is 4.48. The molecule has 0 bridgehead atoms. The zero-order valence-electron chi connectivity index (χ0n) is 5.94. The lowest BCUT2D eigenvalue weighted by atomic mass is 10.3. The van der Waals surface area contributed by atoms with Gasteiger partial charge < -0.3 is 9.79 Å². The highest BCUT2D eigenvalue weighted by Crippen LogP contribution is 2.34. The second kappa shape index (κ2) is 4.05. The molecule has 0 aromatic heterocycles. The summed E-state index contributed by atoms with van der Waals surface area (Å²) < 4.78 is 14.1. The first kappa shape index (κ1) is 10.1. The minimum atomic E-state index is -4.34. The number of hydrogen-bond donors (Lipinski definition) is 3. The third-order valence-corrected chi connectivity index (χ3v) is 1.33. The van der Waals surface area contributed by atoms with E-state index in [1.165, 1.54) is 0 Å². The van der Waals surface area contributed by atoms with Crippen LogP contribution in [0.2, 0.25) is 0 Å². The van der Waals surface area contributed by atoms with Crippen molar-refractivity contribution >= 4 is 7.82 Å². The number of rotatable bonds is 4. The van der Waals surface area contributed by atoms with Crippen LogP contribution in [-0.2, 0) is 9.19 Å². The molecule has 0 amide bonds. The quantitative estimate of drug-likeness (QED) is 0.419. The zero-order chi connectivity index (χ0) is 8.20. The highest BCUT2D eigenvalue weighted by molar-refractivity contribution is 7.46. The highest BCUT2D eigenvalue weighted by Gasteiger charge is 2.14. The maximum absolute atomic E-state index is 10.1. The smallest absolute Gasteiger partial charge is 0.302 e. The minimum Gasteiger partial charge on any atom is -0.302 e. The van der Waals surface area contributed by atoms with E-state index in [0.717, 1.165) is 6.42 Å². The molecular weight excluding hydrogens is 157 g/mol. The van der Waals surface area contributed by atoms with Crippen LogP contribution in [0.15, 0.2) is 0 Å². The van der Waals surface area contributed by atoms with E-state index in [0.29, 0.717) is 0 Å². The summed E-state index contributed by atoms with van der Waals surface area (Å²) in [7, 11) is -4.34. The Morgan fingerprint density at radius 2 is 2.20 bits per heavy atom. The van der Waals surface area contributed by atoms with Crippen LogP contribution in [0.25, 0.3) is 0 Å². The second-order valence-corrected chi connectivity index (χ2v) is 3.17. The summed E-state index contributed by atoms with van der Waals surface area (Å²) in [4.78, 5) is 16.4. The van der Waals surface area contributed by atoms with Crippen molar-refractivity contribution in [2.24, 2.45) is 0 Å². The fourth-order valence-electron chi connectivity index (χ4n) is 0.242. The molecule has 0 saturated heterocycles. The predicted molar refractivity (Wildman–Crippen MR) is 36.0 cm³/mol. The summed E-state index contributed by atoms with van der Waals surface area (Å²) in [5, 5.41) is 0. The van der Waals surface area contributed by atoms with Crippen molar-refractivity contribution in [1.82, 2.24) is 5.48 Å². The first-order valence-electron chi connectivity index (χ1n) is 2.95. The van der Waals surface area contributed by atoms with Crippen LogP contribution in [-0.4, -0.2) is 15.8 Å². The number of hydrogen-bond acceptors (Lipinski definition) is 3. The molecule has 0 aromatic rings. The van der Waals surface area contributed by atoms with Crippen LogP contribution in [0, 0.1) is 0 Å². The molecule has 0 aliphatic carbocycles. The minimum absolute atomic E-state index is 0.0485. The van der Waals surface area contributed by atoms with Crippen molar-refractivity contribution in [3.8, 4) is 0 Å². The summed E-state index contributed by atoms with van der Waals surface area (Å²) in [6.07, 6.45) is 0.750. The normalized spacial score (nSPS) is 15.2. The maximum Gasteiger partial charge on any atom is 0.486 e. The van der Waals surface area contributed by atoms with E-state index in [-0.39, 0.29) is 6.04 Å². The van der Waals surface area contributed by atoms with Gasteiger partial charge in [0.25, 0.3) is 0 Å². The van der Waals surface area contributed by atoms with E-state index in [1.807, 2.05) is 6.92 Å². The molecule has 0 rings (SSSR count). The average Bonchev–Trinajstić information content (AvgIpc) is 1.81. The molecule has 6 heteroatoms. The standard InChI is InChI=1S/C4H12NO4P/c1-3-4(2)5-9-10(6,7)8/h4-5H,3H2,1-2H3,(H2,6,7,8). The number of hydroxylamine groups is 1. The summed E-state index contributed by atoms with van der Waals surface area (Å²) in [6, 6.07) is -0.0485. The summed E-state index contributed by atoms with van der Waals surface area (Å²) >= 11 is 0. The van der Waals surface area contributed by atoms with Crippen LogP contribution >= 0.6 is 7.82 Å². The van der Waals surface area contributed by atoms with Gasteiger partial charge in [0.15, 0.2) is 0 Å². The lowest BCUT2D eigenvalue weighted by Crippen LogP contribution is -2.23. The summed E-state index contributed by atoms with van der Waals surface area (Å²) in [5.74, 6) is 0. The monoisotopic (exact) mass is 169 g/mol. The van der Waals surface area contributed by atoms with Crippen molar-refractivity contribution < 1.29 is 19.0 Å². The Morgan fingerprint density at radius 3 is 2.50 bits per heavy atom. The molecule has 0 aliphatic rings. The van der Waals surface area contributed by atoms with Crippen molar-refractivity contribution in [3.05, 3.63) is 0 Å². The molecule has 3 N–H and O–H groups in total. The average molecular weight is 169 g/mol. The zero-order valence-corrected chi connectivity index (χ0v) is 6.84. The van der Waals surface area contributed by atoms with Gasteiger partial charge in [-0.1, -0.05) is 6.92 Å². The third-order valence-electron chi connectivity index (χ3n) is 0.985. The topological polar surface area (TPSA) is 78.8 Å². The van der Waals surface area contributed by atoms with Gasteiger partial charge in [0, 0.05) is 6.04 Å². The Bertz CT molecular complexity index is 133. The Labute approximate surface area is 59.6 Å². The lowest BCUT2D eigenvalue weighted by Gasteiger charge is -2.10. The highest BCUT2D eigenvalue weighted by atomic mass is 31.2. The van der Waals surface area contributed by atoms with Gasteiger partial charge in [0.2, 0.25) is 0 Å². The molecule has 5 nitrogen and oxygen atoms in total. The predicted octanol–water partition coefficient (Wildman–Crippen LogP) is 0.399. The second-order valence-electron chi connectivity index (χ2n) is 2.01. The SMILES string of the molecule is CCC(C)NOP(=O)(O)O. The van der Waals surface area contributed by atoms with Gasteiger partial charge in [-0.2, -0.15) is 10.1 Å². The van der Waals surface area contributed by atoms with Gasteiger partial charge in [-0.3, -0.25) is 0 Å². The third kappa shape index (κ3) is 6.19. The van der Waals surface area contributed by atoms with Crippen molar-refractivity contribution in [1.29, 1.82) is 0 Å². The van der Waals surface area contributed by atoms with Gasteiger partial charge in [0.1, 0.15) is 0 Å². The van der Waals surface area contributed by atoms with Crippen LogP contribution in [0.3, 0.4) is 0 Å². The van der Waals surface area contributed by atoms with E-state index in [9.17, 15) is 4.57 Å². The van der Waals surface area contributed by atoms with Gasteiger partial charge >= 0.3 is 7.82 Å². The molecule has 0 heterocycles. The molecule has 1 atom stereocenters. The molecule has 0 fully saturated rings. The van der Waals surface area contributed by atoms with E-state index in [2.05, 4.69) is 10.1 Å². The van der Waals surface area contributed by atoms with Crippen LogP contribution in [0.4, 0.5) is 0 Å². The van der Waals surface area contributed by atoms with E-state index < -0.39 is 7.82 Å². The van der Waals surface area contributed by atoms with Crippen molar-refractivity contribution in [2.75, 3.05) is 0 Å². The van der Waals surface area contributed by atoms with Crippen molar-refractivity contribution in [2.45, 2.75) is 26.3 Å². The van der Waals surface area contributed by atoms with E-state index in [4.69, 9.17) is 9.79 Å². The van der Waals surface area contributed by atoms with Crippen LogP contribution < -0.4 is 5.48 Å². The summed E-state index contributed by atoms with van der Waals surface area (Å²) in [5.41, 5.74) is 2.21. The van der Waals surface area contributed by atoms with Crippen LogP contribution in [0.1, 0.15) is 20.3 Å². The van der Waals surface area contributed by atoms with E-state index in [1.54, 1.807) is 6.92 Å². The van der Waals surface area contributed by atoms with Crippen molar-refractivity contribution in [3.63, 3.8) is 0 Å². The number of phosphoric acid groups is 1. The summed E-state index contributed by atoms with van der Waals surface area (Å²) in [6.45, 7) is 3.64. The van der Waals surface area contributed by atoms with E-state index >= 15 is 0 Å². The molecule has 0 spiro atoms. The van der Waals surface area contributed by atoms with Gasteiger partial charge in [-0.15, -0.1) is 0 Å². The Hall–Kier alpha value is 0.0700. The lowest BCUT2D eigenvalue weighted by molar-refractivity contribution is 0.102. The fourth-order valence-corrected chi connectivity index (χ4v) is 0.559. The Morgan fingerprint density at radius 1 is 1.70 bits per heavy atom. The molecule has 10 heavy (non-hydrogen) atoms. The first-order chi connectivity index (χ1) is 4.45. The van der Waals surface area contributed by atoms with Gasteiger partial charge in [0.05, 0.1) is 0 Å². The van der Waals surface area contributed by atoms with Crippen LogP contribution in [0.5, 0.6) is 0 Å². The molecule has 0 radical (unpaired) electrons. The molecule has 0 saturated carbocycles. The Balaban J connectivity index is 3.46. The molecule has 62 valence electrons. The molecule has 1 unspecified atom stereocenters. The number of nitrogens with one attached hydrogen (secondary N) is 1. The maximum atomic E-state index is 10.1. The fraction of sp³-hybridized carbons (Fsp3) is 1.00. The van der Waals surface area contributed by atoms with Gasteiger partial charge in [-0.05, 0) is 13.3 Å². The molecular formula is C4H12NO4P. The molecule has 0 aromatic carbocycles. The van der Waals surface area contributed by atoms with Gasteiger partial charge in [-0.25, -0.2) is 4.57 Å².